The quantitative estimate of drug-likeness (QED) is 0.807. The van der Waals surface area contributed by atoms with Gasteiger partial charge in [0.1, 0.15) is 0 Å². The molecule has 2 aromatic rings. The van der Waals surface area contributed by atoms with Crippen LogP contribution in [-0.4, -0.2) is 10.7 Å². The highest BCUT2D eigenvalue weighted by Crippen LogP contribution is 2.29. The number of nitrogens with one attached hydrogen (secondary N) is 1. The first-order valence-electron chi connectivity index (χ1n) is 5.77. The molecule has 4 nitrogen and oxygen atoms in total. The van der Waals surface area contributed by atoms with E-state index in [1.54, 1.807) is 24.5 Å². The van der Waals surface area contributed by atoms with Crippen LogP contribution in [0.3, 0.4) is 0 Å². The van der Waals surface area contributed by atoms with Crippen molar-refractivity contribution >= 4 is 11.4 Å². The van der Waals surface area contributed by atoms with E-state index in [0.717, 1.165) is 23.3 Å². The van der Waals surface area contributed by atoms with E-state index < -0.39 is 0 Å². The molecule has 2 heterocycles. The Morgan fingerprint density at radius 3 is 2.50 bits per heavy atom. The number of benzene rings is 1. The third kappa shape index (κ3) is 2.05. The van der Waals surface area contributed by atoms with Crippen LogP contribution in [0.15, 0.2) is 53.9 Å². The predicted octanol–water partition coefficient (Wildman–Crippen LogP) is 2.86. The largest absolute Gasteiger partial charge is 0.387 e. The Balaban J connectivity index is 1.76. The Labute approximate surface area is 105 Å². The number of nitrogens with zero attached hydrogens (tertiary/aromatic N) is 2. The second-order valence-electron chi connectivity index (χ2n) is 4.19. The molecule has 1 aromatic carbocycles. The Hall–Kier alpha value is -2.36. The van der Waals surface area contributed by atoms with Crippen molar-refractivity contribution in [2.24, 2.45) is 5.16 Å². The summed E-state index contributed by atoms with van der Waals surface area (Å²) in [5.41, 5.74) is 11.0. The molecule has 0 saturated heterocycles. The molecule has 3 rings (SSSR count). The van der Waals surface area contributed by atoms with Gasteiger partial charge in [0, 0.05) is 24.4 Å². The van der Waals surface area contributed by atoms with Crippen molar-refractivity contribution in [2.75, 3.05) is 0 Å². The number of hydrogen-bond acceptors (Lipinski definition) is 3. The van der Waals surface area contributed by atoms with Gasteiger partial charge < -0.3 is 10.6 Å². The molecule has 0 bridgehead atoms. The van der Waals surface area contributed by atoms with Crippen LogP contribution >= 0.6 is 0 Å². The average Bonchev–Trinajstić information content (AvgIpc) is 2.90. The highest BCUT2D eigenvalue weighted by Gasteiger charge is 2.23. The Morgan fingerprint density at radius 1 is 1.06 bits per heavy atom. The third-order valence-electron chi connectivity index (χ3n) is 2.96. The van der Waals surface area contributed by atoms with Gasteiger partial charge in [-0.05, 0) is 29.8 Å². The second kappa shape index (κ2) is 4.49. The number of pyridine rings is 1. The van der Waals surface area contributed by atoms with Gasteiger partial charge in [0.2, 0.25) is 0 Å². The molecule has 1 atom stereocenters. The van der Waals surface area contributed by atoms with E-state index in [0.29, 0.717) is 5.69 Å². The lowest BCUT2D eigenvalue weighted by atomic mass is 10.0. The first-order chi connectivity index (χ1) is 8.83. The molecule has 1 radical (unpaired) electrons. The van der Waals surface area contributed by atoms with Crippen molar-refractivity contribution in [1.82, 2.24) is 10.7 Å². The number of hydrogen-bond donors (Lipinski definition) is 0. The summed E-state index contributed by atoms with van der Waals surface area (Å²) in [6, 6.07) is 11.2. The monoisotopic (exact) mass is 238 g/mol. The van der Waals surface area contributed by atoms with Gasteiger partial charge in [-0.2, -0.15) is 0 Å². The van der Waals surface area contributed by atoms with Crippen LogP contribution in [-0.2, 0) is 4.84 Å². The molecule has 1 aliphatic rings. The van der Waals surface area contributed by atoms with Crippen molar-refractivity contribution in [3.8, 4) is 0 Å². The lowest BCUT2D eigenvalue weighted by Gasteiger charge is -2.08. The molecule has 0 saturated carbocycles. The zero-order valence-electron chi connectivity index (χ0n) is 9.71. The fourth-order valence-electron chi connectivity index (χ4n) is 1.97. The number of rotatable bonds is 2. The summed E-state index contributed by atoms with van der Waals surface area (Å²) in [5.74, 6) is 0. The molecule has 89 valence electrons. The summed E-state index contributed by atoms with van der Waals surface area (Å²) < 4.78 is 0. The van der Waals surface area contributed by atoms with Gasteiger partial charge in [0.25, 0.3) is 0 Å². The van der Waals surface area contributed by atoms with Crippen LogP contribution in [0, 0.1) is 0 Å². The van der Waals surface area contributed by atoms with E-state index in [2.05, 4.69) is 10.1 Å². The maximum atomic E-state index is 7.46. The van der Waals surface area contributed by atoms with Crippen molar-refractivity contribution in [2.45, 2.75) is 12.5 Å². The van der Waals surface area contributed by atoms with E-state index in [1.807, 2.05) is 24.3 Å². The molecular weight excluding hydrogens is 226 g/mol. The zero-order chi connectivity index (χ0) is 12.4. The zero-order valence-corrected chi connectivity index (χ0v) is 9.71. The van der Waals surface area contributed by atoms with Crippen molar-refractivity contribution in [1.29, 1.82) is 0 Å². The Kier molecular flexibility index (Phi) is 2.68. The normalized spacial score (nSPS) is 18.2. The van der Waals surface area contributed by atoms with Crippen LogP contribution in [0.4, 0.5) is 5.69 Å². The van der Waals surface area contributed by atoms with Crippen molar-refractivity contribution in [3.63, 3.8) is 0 Å². The topological polar surface area (TPSA) is 58.3 Å². The van der Waals surface area contributed by atoms with Gasteiger partial charge in [-0.15, -0.1) is 0 Å². The summed E-state index contributed by atoms with van der Waals surface area (Å²) in [4.78, 5) is 9.44. The van der Waals surface area contributed by atoms with Crippen LogP contribution < -0.4 is 5.73 Å². The lowest BCUT2D eigenvalue weighted by molar-refractivity contribution is 0.0857. The molecule has 1 aliphatic heterocycles. The maximum Gasteiger partial charge on any atom is 0.158 e. The van der Waals surface area contributed by atoms with E-state index in [1.165, 1.54) is 0 Å². The first kappa shape index (κ1) is 10.8. The molecule has 0 spiro atoms. The summed E-state index contributed by atoms with van der Waals surface area (Å²) in [6.07, 6.45) is 4.20. The summed E-state index contributed by atoms with van der Waals surface area (Å²) in [5, 5.41) is 4.13. The van der Waals surface area contributed by atoms with Gasteiger partial charge in [-0.1, -0.05) is 17.3 Å². The van der Waals surface area contributed by atoms with Crippen molar-refractivity contribution < 1.29 is 4.84 Å². The highest BCUT2D eigenvalue weighted by atomic mass is 16.6. The average molecular weight is 238 g/mol. The van der Waals surface area contributed by atoms with Gasteiger partial charge >= 0.3 is 0 Å². The molecule has 0 amide bonds. The fourth-order valence-corrected chi connectivity index (χ4v) is 1.97. The van der Waals surface area contributed by atoms with Gasteiger partial charge in [-0.25, -0.2) is 0 Å². The minimum Gasteiger partial charge on any atom is -0.387 e. The van der Waals surface area contributed by atoms with Crippen LogP contribution in [0.2, 0.25) is 0 Å². The molecule has 4 heteroatoms. The van der Waals surface area contributed by atoms with E-state index in [-0.39, 0.29) is 6.10 Å². The van der Waals surface area contributed by atoms with E-state index >= 15 is 0 Å². The molecular formula is C14H12N3O. The third-order valence-corrected chi connectivity index (χ3v) is 2.96. The van der Waals surface area contributed by atoms with E-state index in [4.69, 9.17) is 10.6 Å². The second-order valence-corrected chi connectivity index (χ2v) is 4.19. The minimum absolute atomic E-state index is 0.0474. The number of oxime groups is 1. The van der Waals surface area contributed by atoms with Gasteiger partial charge in [0.15, 0.2) is 6.10 Å². The van der Waals surface area contributed by atoms with Crippen LogP contribution in [0.1, 0.15) is 23.7 Å². The van der Waals surface area contributed by atoms with Crippen molar-refractivity contribution in [3.05, 3.63) is 59.9 Å². The van der Waals surface area contributed by atoms with E-state index in [9.17, 15) is 0 Å². The Morgan fingerprint density at radius 2 is 1.78 bits per heavy atom. The summed E-state index contributed by atoms with van der Waals surface area (Å²) >= 11 is 0. The molecule has 1 N–H and O–H groups in total. The molecule has 18 heavy (non-hydrogen) atoms. The van der Waals surface area contributed by atoms with Crippen LogP contribution in [0.25, 0.3) is 0 Å². The molecule has 1 aromatic heterocycles. The summed E-state index contributed by atoms with van der Waals surface area (Å²) in [7, 11) is 0. The smallest absolute Gasteiger partial charge is 0.158 e. The first-order valence-corrected chi connectivity index (χ1v) is 5.77. The highest BCUT2D eigenvalue weighted by molar-refractivity contribution is 6.01. The molecule has 0 fully saturated rings. The summed E-state index contributed by atoms with van der Waals surface area (Å²) in [6.45, 7) is 0. The van der Waals surface area contributed by atoms with Gasteiger partial charge in [-0.3, -0.25) is 4.98 Å². The maximum absolute atomic E-state index is 7.46. The minimum atomic E-state index is -0.0474. The van der Waals surface area contributed by atoms with Crippen LogP contribution in [0.5, 0.6) is 0 Å². The fraction of sp³-hybridized carbons (Fsp3) is 0.143. The Bertz CT molecular complexity index is 563. The molecule has 1 unspecified atom stereocenters. The predicted molar refractivity (Wildman–Crippen MR) is 68.4 cm³/mol. The standard InChI is InChI=1S/C14H12N3O/c15-12-3-1-11(2-4-12)14-9-13(17-18-14)10-5-7-16-8-6-10/h1-8,14-15H,9H2. The SMILES string of the molecule is [NH]c1ccc(C2CC(c3ccncc3)=NO2)cc1. The molecule has 0 aliphatic carbocycles. The number of aromatic nitrogens is 1. The van der Waals surface area contributed by atoms with Gasteiger partial charge in [0.05, 0.1) is 11.4 Å². The lowest BCUT2D eigenvalue weighted by Crippen LogP contribution is -2.01.